The molecule has 2 saturated heterocycles. The van der Waals surface area contributed by atoms with E-state index in [9.17, 15) is 9.59 Å². The molecule has 2 unspecified atom stereocenters. The molecule has 2 fully saturated rings. The predicted molar refractivity (Wildman–Crippen MR) is 95.2 cm³/mol. The number of hydrogen-bond donors (Lipinski definition) is 0. The van der Waals surface area contributed by atoms with Gasteiger partial charge in [-0.15, -0.1) is 0 Å². The minimum Gasteiger partial charge on any atom is -0.375 e. The van der Waals surface area contributed by atoms with E-state index in [1.165, 1.54) is 7.11 Å². The Labute approximate surface area is 149 Å². The molecule has 6 heteroatoms. The quantitative estimate of drug-likeness (QED) is 0.804. The first kappa shape index (κ1) is 17.9. The summed E-state index contributed by atoms with van der Waals surface area (Å²) in [6.07, 6.45) is 0. The maximum atomic E-state index is 13.2. The monoisotopic (exact) mass is 345 g/mol. The van der Waals surface area contributed by atoms with Gasteiger partial charge in [0.15, 0.2) is 0 Å². The van der Waals surface area contributed by atoms with Crippen LogP contribution in [0.2, 0.25) is 0 Å². The number of carbonyl (C=O) groups is 2. The van der Waals surface area contributed by atoms with Gasteiger partial charge in [-0.25, -0.2) is 0 Å². The lowest BCUT2D eigenvalue weighted by atomic mass is 9.88. The van der Waals surface area contributed by atoms with E-state index in [0.29, 0.717) is 13.1 Å². The van der Waals surface area contributed by atoms with E-state index < -0.39 is 0 Å². The van der Waals surface area contributed by atoms with E-state index in [1.807, 2.05) is 23.1 Å². The number of likely N-dealkylation sites (tertiary alicyclic amines) is 1. The van der Waals surface area contributed by atoms with Crippen LogP contribution in [0.1, 0.15) is 11.5 Å². The smallest absolute Gasteiger partial charge is 0.248 e. The number of carbonyl (C=O) groups excluding carboxylic acids is 2. The van der Waals surface area contributed by atoms with E-state index in [-0.39, 0.29) is 30.3 Å². The molecule has 2 aliphatic rings. The molecule has 0 aromatic heterocycles. The third kappa shape index (κ3) is 4.02. The summed E-state index contributed by atoms with van der Waals surface area (Å²) >= 11 is 0. The number of piperazine rings is 1. The molecule has 0 saturated carbocycles. The molecule has 0 bridgehead atoms. The van der Waals surface area contributed by atoms with Gasteiger partial charge in [0.1, 0.15) is 6.61 Å². The standard InChI is InChI=1S/C19H27N3O3/c1-20-8-10-21(11-9-20)19(24)17-13-22(18(23)14-25-2)12-16(17)15-6-4-3-5-7-15/h3-7,16-17H,8-14H2,1-2H3. The number of nitrogens with zero attached hydrogens (tertiary/aromatic N) is 3. The average molecular weight is 345 g/mol. The second-order valence-electron chi connectivity index (χ2n) is 6.98. The zero-order valence-corrected chi connectivity index (χ0v) is 15.1. The lowest BCUT2D eigenvalue weighted by Gasteiger charge is -2.35. The number of likely N-dealkylation sites (N-methyl/N-ethyl adjacent to an activating group) is 1. The molecule has 0 radical (unpaired) electrons. The van der Waals surface area contributed by atoms with Gasteiger partial charge in [-0.2, -0.15) is 0 Å². The largest absolute Gasteiger partial charge is 0.375 e. The van der Waals surface area contributed by atoms with Crippen molar-refractivity contribution in [3.63, 3.8) is 0 Å². The molecule has 2 amide bonds. The fourth-order valence-corrected chi connectivity index (χ4v) is 3.77. The number of hydrogen-bond acceptors (Lipinski definition) is 4. The van der Waals surface area contributed by atoms with E-state index in [1.54, 1.807) is 4.90 Å². The summed E-state index contributed by atoms with van der Waals surface area (Å²) in [4.78, 5) is 31.4. The van der Waals surface area contributed by atoms with Crippen LogP contribution in [0.5, 0.6) is 0 Å². The number of ether oxygens (including phenoxy) is 1. The molecular weight excluding hydrogens is 318 g/mol. The molecule has 1 aromatic rings. The lowest BCUT2D eigenvalue weighted by Crippen LogP contribution is -2.50. The molecule has 1 aromatic carbocycles. The summed E-state index contributed by atoms with van der Waals surface area (Å²) in [6, 6.07) is 10.1. The van der Waals surface area contributed by atoms with Crippen molar-refractivity contribution in [2.75, 3.05) is 60.0 Å². The Morgan fingerprint density at radius 3 is 2.36 bits per heavy atom. The van der Waals surface area contributed by atoms with Crippen molar-refractivity contribution in [1.82, 2.24) is 14.7 Å². The highest BCUT2D eigenvalue weighted by Crippen LogP contribution is 2.34. The van der Waals surface area contributed by atoms with E-state index >= 15 is 0 Å². The first-order chi connectivity index (χ1) is 12.1. The third-order valence-corrected chi connectivity index (χ3v) is 5.30. The summed E-state index contributed by atoms with van der Waals surface area (Å²) in [5, 5.41) is 0. The predicted octanol–water partition coefficient (Wildman–Crippen LogP) is 0.649. The molecule has 2 atom stereocenters. The maximum absolute atomic E-state index is 13.2. The van der Waals surface area contributed by atoms with Crippen molar-refractivity contribution >= 4 is 11.8 Å². The van der Waals surface area contributed by atoms with Crippen LogP contribution in [-0.2, 0) is 14.3 Å². The van der Waals surface area contributed by atoms with Crippen molar-refractivity contribution in [1.29, 1.82) is 0 Å². The fraction of sp³-hybridized carbons (Fsp3) is 0.579. The second kappa shape index (κ2) is 7.97. The minimum atomic E-state index is -0.174. The van der Waals surface area contributed by atoms with Gasteiger partial charge >= 0.3 is 0 Å². The Bertz CT molecular complexity index is 599. The summed E-state index contributed by atoms with van der Waals surface area (Å²) in [7, 11) is 3.60. The second-order valence-corrected chi connectivity index (χ2v) is 6.98. The van der Waals surface area contributed by atoms with Crippen LogP contribution >= 0.6 is 0 Å². The summed E-state index contributed by atoms with van der Waals surface area (Å²) in [5.74, 6) is 0.00699. The van der Waals surface area contributed by atoms with Gasteiger partial charge in [0.25, 0.3) is 0 Å². The minimum absolute atomic E-state index is 0.0443. The Morgan fingerprint density at radius 2 is 1.72 bits per heavy atom. The van der Waals surface area contributed by atoms with Crippen molar-refractivity contribution in [2.24, 2.45) is 5.92 Å². The van der Waals surface area contributed by atoms with Crippen molar-refractivity contribution in [3.8, 4) is 0 Å². The van der Waals surface area contributed by atoms with Gasteiger partial charge in [0.2, 0.25) is 11.8 Å². The Kier molecular flexibility index (Phi) is 5.71. The van der Waals surface area contributed by atoms with Gasteiger partial charge < -0.3 is 19.4 Å². The van der Waals surface area contributed by atoms with Crippen LogP contribution in [-0.4, -0.2) is 86.5 Å². The highest BCUT2D eigenvalue weighted by atomic mass is 16.5. The Balaban J connectivity index is 1.78. The van der Waals surface area contributed by atoms with Crippen molar-refractivity contribution in [3.05, 3.63) is 35.9 Å². The highest BCUT2D eigenvalue weighted by Gasteiger charge is 2.42. The SMILES string of the molecule is COCC(=O)N1CC(C(=O)N2CCN(C)CC2)C(c2ccccc2)C1. The summed E-state index contributed by atoms with van der Waals surface area (Å²) < 4.78 is 4.99. The Morgan fingerprint density at radius 1 is 1.04 bits per heavy atom. The molecule has 136 valence electrons. The van der Waals surface area contributed by atoms with Gasteiger partial charge in [0.05, 0.1) is 5.92 Å². The number of benzene rings is 1. The maximum Gasteiger partial charge on any atom is 0.248 e. The molecule has 0 spiro atoms. The zero-order valence-electron chi connectivity index (χ0n) is 15.1. The number of amides is 2. The fourth-order valence-electron chi connectivity index (χ4n) is 3.77. The molecule has 2 heterocycles. The number of rotatable bonds is 4. The average Bonchev–Trinajstić information content (AvgIpc) is 3.08. The first-order valence-electron chi connectivity index (χ1n) is 8.89. The topological polar surface area (TPSA) is 53.1 Å². The molecular formula is C19H27N3O3. The van der Waals surface area contributed by atoms with Crippen molar-refractivity contribution < 1.29 is 14.3 Å². The van der Waals surface area contributed by atoms with Crippen molar-refractivity contribution in [2.45, 2.75) is 5.92 Å². The van der Waals surface area contributed by atoms with E-state index in [4.69, 9.17) is 4.74 Å². The summed E-state index contributed by atoms with van der Waals surface area (Å²) in [6.45, 7) is 4.46. The van der Waals surface area contributed by atoms with Crippen LogP contribution in [0.4, 0.5) is 0 Å². The molecule has 0 aliphatic carbocycles. The van der Waals surface area contributed by atoms with E-state index in [2.05, 4.69) is 24.1 Å². The van der Waals surface area contributed by atoms with Crippen LogP contribution in [0.15, 0.2) is 30.3 Å². The molecule has 3 rings (SSSR count). The van der Waals surface area contributed by atoms with Crippen LogP contribution in [0, 0.1) is 5.92 Å². The van der Waals surface area contributed by atoms with E-state index in [0.717, 1.165) is 31.7 Å². The van der Waals surface area contributed by atoms with Gasteiger partial charge in [0, 0.05) is 52.3 Å². The van der Waals surface area contributed by atoms with Crippen LogP contribution < -0.4 is 0 Å². The Hall–Kier alpha value is -1.92. The molecule has 6 nitrogen and oxygen atoms in total. The van der Waals surface area contributed by atoms with Crippen LogP contribution in [0.25, 0.3) is 0 Å². The lowest BCUT2D eigenvalue weighted by molar-refractivity contribution is -0.138. The normalized spacial score (nSPS) is 24.6. The van der Waals surface area contributed by atoms with Gasteiger partial charge in [-0.1, -0.05) is 30.3 Å². The summed E-state index contributed by atoms with van der Waals surface area (Å²) in [5.41, 5.74) is 1.13. The first-order valence-corrected chi connectivity index (χ1v) is 8.89. The molecule has 2 aliphatic heterocycles. The number of methoxy groups -OCH3 is 1. The zero-order chi connectivity index (χ0) is 17.8. The van der Waals surface area contributed by atoms with Gasteiger partial charge in [-0.05, 0) is 12.6 Å². The molecule has 25 heavy (non-hydrogen) atoms. The molecule has 0 N–H and O–H groups in total. The van der Waals surface area contributed by atoms with Crippen LogP contribution in [0.3, 0.4) is 0 Å². The van der Waals surface area contributed by atoms with Gasteiger partial charge in [-0.3, -0.25) is 9.59 Å². The highest BCUT2D eigenvalue weighted by molar-refractivity contribution is 5.84. The third-order valence-electron chi connectivity index (χ3n) is 5.30.